The minimum Gasteiger partial charge on any atom is -0.403 e. The molecule has 0 aliphatic carbocycles. The van der Waals surface area contributed by atoms with Crippen LogP contribution < -0.4 is 5.32 Å². The van der Waals surface area contributed by atoms with Gasteiger partial charge in [0.1, 0.15) is 5.82 Å². The lowest BCUT2D eigenvalue weighted by molar-refractivity contribution is 0.102. The Bertz CT molecular complexity index is 1180. The number of sulfonamides is 1. The molecule has 0 unspecified atom stereocenters. The maximum atomic E-state index is 13.0. The van der Waals surface area contributed by atoms with E-state index in [-0.39, 0.29) is 33.5 Å². The maximum absolute atomic E-state index is 13.0. The highest BCUT2D eigenvalue weighted by molar-refractivity contribution is 7.89. The Hall–Kier alpha value is -2.63. The number of carbonyl (C=O) groups is 1. The smallest absolute Gasteiger partial charge is 0.322 e. The summed E-state index contributed by atoms with van der Waals surface area (Å²) in [5.41, 5.74) is 0.504. The van der Waals surface area contributed by atoms with Crippen LogP contribution >= 0.6 is 11.3 Å². The van der Waals surface area contributed by atoms with E-state index in [2.05, 4.69) is 15.5 Å². The lowest BCUT2D eigenvalue weighted by Gasteiger charge is -2.33. The van der Waals surface area contributed by atoms with Gasteiger partial charge in [0.25, 0.3) is 5.91 Å². The van der Waals surface area contributed by atoms with Crippen molar-refractivity contribution in [2.45, 2.75) is 25.2 Å². The van der Waals surface area contributed by atoms with Crippen LogP contribution in [0.15, 0.2) is 45.0 Å². The molecule has 1 aliphatic heterocycles. The van der Waals surface area contributed by atoms with Crippen molar-refractivity contribution in [3.05, 3.63) is 46.4 Å². The van der Waals surface area contributed by atoms with E-state index < -0.39 is 21.7 Å². The van der Waals surface area contributed by atoms with E-state index in [1.54, 1.807) is 0 Å². The summed E-state index contributed by atoms with van der Waals surface area (Å²) in [7, 11) is -3.67. The fourth-order valence-electron chi connectivity index (χ4n) is 3.67. The minimum absolute atomic E-state index is 0.0986. The molecular formula is C20H21FN4O4S2. The van der Waals surface area contributed by atoms with E-state index in [1.165, 1.54) is 40.0 Å². The van der Waals surface area contributed by atoms with E-state index >= 15 is 0 Å². The third kappa shape index (κ3) is 4.68. The van der Waals surface area contributed by atoms with Crippen LogP contribution in [0.2, 0.25) is 0 Å². The number of hydrogen-bond donors (Lipinski definition) is 1. The topological polar surface area (TPSA) is 105 Å². The first-order valence-corrected chi connectivity index (χ1v) is 12.0. The van der Waals surface area contributed by atoms with Gasteiger partial charge in [-0.3, -0.25) is 10.1 Å². The average molecular weight is 465 g/mol. The van der Waals surface area contributed by atoms with Crippen molar-refractivity contribution in [1.29, 1.82) is 0 Å². The van der Waals surface area contributed by atoms with E-state index in [4.69, 9.17) is 4.42 Å². The number of hydrogen-bond acceptors (Lipinski definition) is 7. The van der Waals surface area contributed by atoms with Crippen LogP contribution in [0.25, 0.3) is 11.5 Å². The Morgan fingerprint density at radius 2 is 1.87 bits per heavy atom. The molecule has 8 nitrogen and oxygen atoms in total. The van der Waals surface area contributed by atoms with Crippen molar-refractivity contribution in [3.8, 4) is 11.5 Å². The lowest BCUT2D eigenvalue weighted by atomic mass is 9.94. The van der Waals surface area contributed by atoms with Crippen LogP contribution in [0.5, 0.6) is 0 Å². The Balaban J connectivity index is 1.47. The molecule has 2 aromatic heterocycles. The summed E-state index contributed by atoms with van der Waals surface area (Å²) in [5.74, 6) is -0.256. The standard InChI is InChI=1S/C20H21FN4O4S2/c1-12-7-13(2)10-25(9-12)31(27,28)16-8-17(30-11-16)18(26)22-20-24-23-19(29-20)14-3-5-15(21)6-4-14/h3-6,8,11-13H,7,9-10H2,1-2H3,(H,22,24,26)/t12-,13+. The number of amides is 1. The number of nitrogens with one attached hydrogen (secondary N) is 1. The Morgan fingerprint density at radius 1 is 1.19 bits per heavy atom. The summed E-state index contributed by atoms with van der Waals surface area (Å²) in [4.78, 5) is 12.8. The quantitative estimate of drug-likeness (QED) is 0.615. The van der Waals surface area contributed by atoms with Crippen LogP contribution in [0, 0.1) is 17.7 Å². The van der Waals surface area contributed by atoms with Gasteiger partial charge in [0.05, 0.1) is 9.77 Å². The molecule has 1 N–H and O–H groups in total. The molecule has 3 heterocycles. The normalized spacial score (nSPS) is 20.0. The van der Waals surface area contributed by atoms with Gasteiger partial charge in [-0.2, -0.15) is 4.31 Å². The summed E-state index contributed by atoms with van der Waals surface area (Å²) < 4.78 is 45.9. The summed E-state index contributed by atoms with van der Waals surface area (Å²) in [6.07, 6.45) is 0.993. The summed E-state index contributed by atoms with van der Waals surface area (Å²) in [5, 5.41) is 11.5. The molecule has 1 saturated heterocycles. The SMILES string of the molecule is C[C@@H]1C[C@H](C)CN(S(=O)(=O)c2csc(C(=O)Nc3nnc(-c4ccc(F)cc4)o3)c2)C1. The number of aromatic nitrogens is 2. The highest BCUT2D eigenvalue weighted by Gasteiger charge is 2.32. The number of benzene rings is 1. The number of rotatable bonds is 5. The molecule has 0 radical (unpaired) electrons. The molecule has 0 saturated carbocycles. The summed E-state index contributed by atoms with van der Waals surface area (Å²) in [6, 6.07) is 6.70. The lowest BCUT2D eigenvalue weighted by Crippen LogP contribution is -2.42. The van der Waals surface area contributed by atoms with Crippen molar-refractivity contribution in [2.24, 2.45) is 11.8 Å². The molecular weight excluding hydrogens is 443 g/mol. The van der Waals surface area contributed by atoms with Crippen molar-refractivity contribution < 1.29 is 22.0 Å². The average Bonchev–Trinajstić information content (AvgIpc) is 3.38. The van der Waals surface area contributed by atoms with E-state index in [0.717, 1.165) is 17.8 Å². The van der Waals surface area contributed by atoms with Gasteiger partial charge in [-0.1, -0.05) is 18.9 Å². The van der Waals surface area contributed by atoms with Crippen LogP contribution in [0.4, 0.5) is 10.4 Å². The largest absolute Gasteiger partial charge is 0.403 e. The molecule has 0 spiro atoms. The molecule has 1 aromatic carbocycles. The van der Waals surface area contributed by atoms with Gasteiger partial charge < -0.3 is 4.42 Å². The fraction of sp³-hybridized carbons (Fsp3) is 0.350. The van der Waals surface area contributed by atoms with Gasteiger partial charge in [-0.15, -0.1) is 16.4 Å². The number of halogens is 1. The third-order valence-corrected chi connectivity index (χ3v) is 7.90. The van der Waals surface area contributed by atoms with E-state index in [1.807, 2.05) is 13.8 Å². The molecule has 0 bridgehead atoms. The van der Waals surface area contributed by atoms with Gasteiger partial charge in [-0.05, 0) is 48.6 Å². The van der Waals surface area contributed by atoms with Gasteiger partial charge in [0, 0.05) is 24.0 Å². The second-order valence-corrected chi connectivity index (χ2v) is 10.6. The predicted molar refractivity (Wildman–Crippen MR) is 114 cm³/mol. The predicted octanol–water partition coefficient (Wildman–Crippen LogP) is 3.86. The van der Waals surface area contributed by atoms with Crippen molar-refractivity contribution in [2.75, 3.05) is 18.4 Å². The third-order valence-electron chi connectivity index (χ3n) is 5.01. The number of thiophene rings is 1. The number of anilines is 1. The minimum atomic E-state index is -3.67. The van der Waals surface area contributed by atoms with E-state index in [9.17, 15) is 17.6 Å². The van der Waals surface area contributed by atoms with Crippen LogP contribution in [0.1, 0.15) is 29.9 Å². The van der Waals surface area contributed by atoms with Crippen molar-refractivity contribution in [1.82, 2.24) is 14.5 Å². The maximum Gasteiger partial charge on any atom is 0.322 e. The van der Waals surface area contributed by atoms with Crippen molar-refractivity contribution >= 4 is 33.3 Å². The zero-order valence-corrected chi connectivity index (χ0v) is 18.5. The fourth-order valence-corrected chi connectivity index (χ4v) is 6.50. The summed E-state index contributed by atoms with van der Waals surface area (Å²) in [6.45, 7) is 5.01. The van der Waals surface area contributed by atoms with Crippen LogP contribution in [-0.4, -0.2) is 41.9 Å². The van der Waals surface area contributed by atoms with Crippen LogP contribution in [0.3, 0.4) is 0 Å². The first-order valence-electron chi connectivity index (χ1n) is 9.72. The molecule has 11 heteroatoms. The van der Waals surface area contributed by atoms with Gasteiger partial charge in [-0.25, -0.2) is 12.8 Å². The Kier molecular flexibility index (Phi) is 5.91. The Labute approximate surface area is 183 Å². The zero-order chi connectivity index (χ0) is 22.2. The van der Waals surface area contributed by atoms with Gasteiger partial charge in [0.2, 0.25) is 15.9 Å². The molecule has 1 aliphatic rings. The Morgan fingerprint density at radius 3 is 2.55 bits per heavy atom. The first kappa shape index (κ1) is 21.6. The van der Waals surface area contributed by atoms with E-state index in [0.29, 0.717) is 18.7 Å². The molecule has 3 aromatic rings. The van der Waals surface area contributed by atoms with Crippen LogP contribution in [-0.2, 0) is 10.0 Å². The van der Waals surface area contributed by atoms with Gasteiger partial charge in [0.15, 0.2) is 0 Å². The first-order chi connectivity index (χ1) is 14.7. The second kappa shape index (κ2) is 8.48. The highest BCUT2D eigenvalue weighted by Crippen LogP contribution is 2.29. The molecule has 164 valence electrons. The molecule has 31 heavy (non-hydrogen) atoms. The second-order valence-electron chi connectivity index (χ2n) is 7.79. The molecule has 1 fully saturated rings. The van der Waals surface area contributed by atoms with Gasteiger partial charge >= 0.3 is 6.01 Å². The number of carbonyl (C=O) groups excluding carboxylic acids is 1. The summed E-state index contributed by atoms with van der Waals surface area (Å²) >= 11 is 1.02. The molecule has 1 amide bonds. The van der Waals surface area contributed by atoms with Crippen molar-refractivity contribution in [3.63, 3.8) is 0 Å². The zero-order valence-electron chi connectivity index (χ0n) is 16.9. The monoisotopic (exact) mass is 464 g/mol. The molecule has 2 atom stereocenters. The molecule has 4 rings (SSSR count). The highest BCUT2D eigenvalue weighted by atomic mass is 32.2. The number of nitrogens with zero attached hydrogens (tertiary/aromatic N) is 3. The number of piperidine rings is 1.